The van der Waals surface area contributed by atoms with Gasteiger partial charge in [0.2, 0.25) is 5.91 Å². The SMILES string of the molecule is CCCCCCCC/C=C\CCCCCCCCCCCC(=O)OCCCCCCCCCCCCCC/C=C\CCCCCCCCCCCCCCCC(=O)NC(CO)C(O)CCCCCCCCCCCC. The van der Waals surface area contributed by atoms with Crippen LogP contribution in [0.1, 0.15) is 380 Å². The summed E-state index contributed by atoms with van der Waals surface area (Å²) >= 11 is 0. The molecule has 0 aliphatic heterocycles. The summed E-state index contributed by atoms with van der Waals surface area (Å²) in [5, 5.41) is 23.2. The molecule has 1 amide bonds. The molecule has 0 bridgehead atoms. The van der Waals surface area contributed by atoms with E-state index in [1.54, 1.807) is 0 Å². The fraction of sp³-hybridized carbons (Fsp3) is 0.913. The molecule has 0 aromatic carbocycles. The van der Waals surface area contributed by atoms with Crippen molar-refractivity contribution in [1.82, 2.24) is 5.32 Å². The van der Waals surface area contributed by atoms with Gasteiger partial charge in [0, 0.05) is 12.8 Å². The van der Waals surface area contributed by atoms with Crippen LogP contribution in [0.4, 0.5) is 0 Å². The first-order chi connectivity index (χ1) is 37.0. The van der Waals surface area contributed by atoms with Crippen molar-refractivity contribution in [3.63, 3.8) is 0 Å². The highest BCUT2D eigenvalue weighted by Gasteiger charge is 2.20. The number of hydrogen-bond acceptors (Lipinski definition) is 5. The largest absolute Gasteiger partial charge is 0.466 e. The number of aliphatic hydroxyl groups excluding tert-OH is 2. The fourth-order valence-corrected chi connectivity index (χ4v) is 10.7. The molecule has 444 valence electrons. The normalized spacial score (nSPS) is 12.6. The zero-order chi connectivity index (χ0) is 54.3. The van der Waals surface area contributed by atoms with Gasteiger partial charge in [0.25, 0.3) is 0 Å². The standard InChI is InChI=1S/C69H133NO5/c1-3-5-7-9-11-13-15-16-17-18-30-34-37-40-43-47-51-55-59-63-69(74)75-64-60-56-52-48-44-41-38-35-32-29-27-25-23-21-19-20-22-24-26-28-31-33-36-39-42-46-50-54-58-62-68(73)70-66(65-71)67(72)61-57-53-49-45-14-12-10-8-6-4-2/h16-17,19,21,66-67,71-72H,3-15,18,20,22-65H2,1-2H3,(H,70,73)/b17-16-,21-19-. The molecule has 0 aliphatic rings. The Morgan fingerprint density at radius 1 is 0.360 bits per heavy atom. The molecule has 0 aromatic rings. The number of allylic oxidation sites excluding steroid dienone is 4. The van der Waals surface area contributed by atoms with Crippen LogP contribution in [0.5, 0.6) is 0 Å². The van der Waals surface area contributed by atoms with Crippen LogP contribution in [0.2, 0.25) is 0 Å². The number of unbranched alkanes of at least 4 members (excludes halogenated alkanes) is 49. The molecule has 2 atom stereocenters. The molecule has 0 aliphatic carbocycles. The van der Waals surface area contributed by atoms with Crippen LogP contribution in [0.25, 0.3) is 0 Å². The van der Waals surface area contributed by atoms with E-state index >= 15 is 0 Å². The van der Waals surface area contributed by atoms with Crippen LogP contribution in [-0.2, 0) is 14.3 Å². The van der Waals surface area contributed by atoms with E-state index in [4.69, 9.17) is 4.74 Å². The Labute approximate surface area is 469 Å². The topological polar surface area (TPSA) is 95.9 Å². The lowest BCUT2D eigenvalue weighted by atomic mass is 10.0. The van der Waals surface area contributed by atoms with Crippen LogP contribution >= 0.6 is 0 Å². The van der Waals surface area contributed by atoms with Crippen LogP contribution in [0, 0.1) is 0 Å². The minimum Gasteiger partial charge on any atom is -0.466 e. The van der Waals surface area contributed by atoms with E-state index in [1.165, 1.54) is 308 Å². The van der Waals surface area contributed by atoms with Gasteiger partial charge in [-0.2, -0.15) is 0 Å². The van der Waals surface area contributed by atoms with Gasteiger partial charge in [-0.15, -0.1) is 0 Å². The van der Waals surface area contributed by atoms with Crippen LogP contribution < -0.4 is 5.32 Å². The van der Waals surface area contributed by atoms with Crippen LogP contribution in [-0.4, -0.2) is 47.4 Å². The van der Waals surface area contributed by atoms with Gasteiger partial charge in [0.1, 0.15) is 0 Å². The highest BCUT2D eigenvalue weighted by molar-refractivity contribution is 5.76. The highest BCUT2D eigenvalue weighted by atomic mass is 16.5. The molecule has 0 radical (unpaired) electrons. The monoisotopic (exact) mass is 1060 g/mol. The summed E-state index contributed by atoms with van der Waals surface area (Å²) in [5.74, 6) is -0.0177. The number of esters is 1. The van der Waals surface area contributed by atoms with E-state index in [0.29, 0.717) is 25.9 Å². The van der Waals surface area contributed by atoms with E-state index in [2.05, 4.69) is 43.5 Å². The summed E-state index contributed by atoms with van der Waals surface area (Å²) in [7, 11) is 0. The fourth-order valence-electron chi connectivity index (χ4n) is 10.7. The summed E-state index contributed by atoms with van der Waals surface area (Å²) < 4.78 is 5.51. The Bertz CT molecular complexity index is 1170. The molecule has 0 rings (SSSR count). The van der Waals surface area contributed by atoms with Crippen LogP contribution in [0.3, 0.4) is 0 Å². The molecule has 0 heterocycles. The third-order valence-corrected chi connectivity index (χ3v) is 16.0. The van der Waals surface area contributed by atoms with Crippen molar-refractivity contribution in [1.29, 1.82) is 0 Å². The quantitative estimate of drug-likeness (QED) is 0.0320. The predicted molar refractivity (Wildman–Crippen MR) is 329 cm³/mol. The molecule has 2 unspecified atom stereocenters. The summed E-state index contributed by atoms with van der Waals surface area (Å²) in [6.45, 7) is 4.96. The lowest BCUT2D eigenvalue weighted by Gasteiger charge is -2.22. The lowest BCUT2D eigenvalue weighted by molar-refractivity contribution is -0.143. The molecular formula is C69H133NO5. The van der Waals surface area contributed by atoms with Gasteiger partial charge in [-0.3, -0.25) is 9.59 Å². The third-order valence-electron chi connectivity index (χ3n) is 16.0. The first-order valence-electron chi connectivity index (χ1n) is 34.1. The number of rotatable bonds is 64. The number of aliphatic hydroxyl groups is 2. The van der Waals surface area contributed by atoms with Gasteiger partial charge in [-0.25, -0.2) is 0 Å². The van der Waals surface area contributed by atoms with Gasteiger partial charge < -0.3 is 20.3 Å². The number of carbonyl (C=O) groups excluding carboxylic acids is 2. The molecule has 0 saturated heterocycles. The van der Waals surface area contributed by atoms with Crippen LogP contribution in [0.15, 0.2) is 24.3 Å². The average Bonchev–Trinajstić information content (AvgIpc) is 3.41. The molecule has 0 aromatic heterocycles. The second-order valence-corrected chi connectivity index (χ2v) is 23.5. The van der Waals surface area contributed by atoms with E-state index in [-0.39, 0.29) is 18.5 Å². The second kappa shape index (κ2) is 64.9. The minimum atomic E-state index is -0.661. The maximum absolute atomic E-state index is 12.4. The highest BCUT2D eigenvalue weighted by Crippen LogP contribution is 2.18. The lowest BCUT2D eigenvalue weighted by Crippen LogP contribution is -2.45. The minimum absolute atomic E-state index is 0.0166. The summed E-state index contributed by atoms with van der Waals surface area (Å²) in [4.78, 5) is 24.5. The van der Waals surface area contributed by atoms with Crippen molar-refractivity contribution in [3.8, 4) is 0 Å². The summed E-state index contributed by atoms with van der Waals surface area (Å²) in [6, 6.07) is -0.539. The van der Waals surface area contributed by atoms with Gasteiger partial charge in [0.15, 0.2) is 0 Å². The van der Waals surface area contributed by atoms with Crippen molar-refractivity contribution < 1.29 is 24.5 Å². The van der Waals surface area contributed by atoms with Gasteiger partial charge in [0.05, 0.1) is 25.4 Å². The molecule has 6 heteroatoms. The number of amides is 1. The van der Waals surface area contributed by atoms with E-state index < -0.39 is 12.1 Å². The number of carbonyl (C=O) groups is 2. The Morgan fingerprint density at radius 2 is 0.627 bits per heavy atom. The number of ether oxygens (including phenoxy) is 1. The summed E-state index contributed by atoms with van der Waals surface area (Å²) in [5.41, 5.74) is 0. The van der Waals surface area contributed by atoms with E-state index in [9.17, 15) is 19.8 Å². The zero-order valence-corrected chi connectivity index (χ0v) is 50.8. The smallest absolute Gasteiger partial charge is 0.305 e. The van der Waals surface area contributed by atoms with Crippen molar-refractivity contribution in [3.05, 3.63) is 24.3 Å². The zero-order valence-electron chi connectivity index (χ0n) is 50.8. The Hall–Kier alpha value is -1.66. The first-order valence-corrected chi connectivity index (χ1v) is 34.1. The number of hydrogen-bond donors (Lipinski definition) is 3. The Balaban J connectivity index is 3.33. The van der Waals surface area contributed by atoms with E-state index in [1.807, 2.05) is 0 Å². The first kappa shape index (κ1) is 73.3. The molecule has 6 nitrogen and oxygen atoms in total. The maximum atomic E-state index is 12.4. The molecule has 0 fully saturated rings. The van der Waals surface area contributed by atoms with Crippen molar-refractivity contribution in [2.45, 2.75) is 392 Å². The average molecular weight is 1060 g/mol. The molecule has 0 spiro atoms. The van der Waals surface area contributed by atoms with Crippen molar-refractivity contribution in [2.24, 2.45) is 0 Å². The van der Waals surface area contributed by atoms with Gasteiger partial charge >= 0.3 is 5.97 Å². The molecular weight excluding hydrogens is 923 g/mol. The van der Waals surface area contributed by atoms with Gasteiger partial charge in [-0.05, 0) is 77.0 Å². The molecule has 0 saturated carbocycles. The van der Waals surface area contributed by atoms with Crippen molar-refractivity contribution in [2.75, 3.05) is 13.2 Å². The molecule has 3 N–H and O–H groups in total. The Kier molecular flexibility index (Phi) is 63.4. The number of nitrogens with one attached hydrogen (secondary N) is 1. The van der Waals surface area contributed by atoms with E-state index in [0.717, 1.165) is 38.5 Å². The van der Waals surface area contributed by atoms with Gasteiger partial charge in [-0.1, -0.05) is 314 Å². The third kappa shape index (κ3) is 61.4. The maximum Gasteiger partial charge on any atom is 0.305 e. The van der Waals surface area contributed by atoms with Crippen molar-refractivity contribution >= 4 is 11.9 Å². The second-order valence-electron chi connectivity index (χ2n) is 23.5. The molecule has 75 heavy (non-hydrogen) atoms. The summed E-state index contributed by atoms with van der Waals surface area (Å²) in [6.07, 6.45) is 80.9. The Morgan fingerprint density at radius 3 is 0.947 bits per heavy atom. The predicted octanol–water partition coefficient (Wildman–Crippen LogP) is 21.8.